The van der Waals surface area contributed by atoms with Crippen LogP contribution in [0.25, 0.3) is 6.08 Å². The molecule has 0 spiro atoms. The lowest BCUT2D eigenvalue weighted by molar-refractivity contribution is -0.137. The fourth-order valence-corrected chi connectivity index (χ4v) is 3.27. The van der Waals surface area contributed by atoms with Crippen LogP contribution in [0, 0.1) is 0 Å². The highest BCUT2D eigenvalue weighted by molar-refractivity contribution is 6.32. The molecule has 2 aromatic rings. The van der Waals surface area contributed by atoms with Gasteiger partial charge in [-0.3, -0.25) is 4.79 Å². The summed E-state index contributed by atoms with van der Waals surface area (Å²) in [4.78, 5) is 16.3. The Labute approximate surface area is 172 Å². The second-order valence-electron chi connectivity index (χ2n) is 6.58. The smallest absolute Gasteiger partial charge is 0.416 e. The zero-order valence-electron chi connectivity index (χ0n) is 15.7. The van der Waals surface area contributed by atoms with E-state index in [1.54, 1.807) is 12.0 Å². The van der Waals surface area contributed by atoms with Crippen LogP contribution in [-0.2, 0) is 11.0 Å². The molecule has 1 aliphatic heterocycles. The third kappa shape index (κ3) is 5.23. The summed E-state index contributed by atoms with van der Waals surface area (Å²) in [6, 6.07) is 10.7. The van der Waals surface area contributed by atoms with Gasteiger partial charge in [-0.25, -0.2) is 0 Å². The van der Waals surface area contributed by atoms with E-state index in [9.17, 15) is 18.0 Å². The first kappa shape index (κ1) is 21.0. The van der Waals surface area contributed by atoms with Crippen molar-refractivity contribution in [1.29, 1.82) is 0 Å². The van der Waals surface area contributed by atoms with Gasteiger partial charge in [0.1, 0.15) is 5.75 Å². The summed E-state index contributed by atoms with van der Waals surface area (Å²) in [6.45, 7) is 2.36. The Morgan fingerprint density at radius 1 is 1.07 bits per heavy atom. The molecule has 4 nitrogen and oxygen atoms in total. The molecule has 1 aliphatic rings. The summed E-state index contributed by atoms with van der Waals surface area (Å²) < 4.78 is 43.7. The molecule has 0 radical (unpaired) electrons. The van der Waals surface area contributed by atoms with Gasteiger partial charge in [0.25, 0.3) is 0 Å². The SMILES string of the molecule is COc1ccc(N2CCN(C(=O)/C=C/c3cc(C(F)(F)F)ccc3Cl)CC2)cc1. The predicted molar refractivity (Wildman–Crippen MR) is 107 cm³/mol. The molecule has 0 aromatic heterocycles. The normalized spacial score (nSPS) is 15.1. The molecule has 0 N–H and O–H groups in total. The van der Waals surface area contributed by atoms with Crippen LogP contribution in [0.3, 0.4) is 0 Å². The van der Waals surface area contributed by atoms with Gasteiger partial charge in [-0.05, 0) is 54.1 Å². The maximum absolute atomic E-state index is 12.9. The number of halogens is 4. The van der Waals surface area contributed by atoms with E-state index in [0.717, 1.165) is 23.6 Å². The lowest BCUT2D eigenvalue weighted by atomic mass is 10.1. The van der Waals surface area contributed by atoms with E-state index in [2.05, 4.69) is 4.90 Å². The number of methoxy groups -OCH3 is 1. The molecule has 8 heteroatoms. The largest absolute Gasteiger partial charge is 0.497 e. The minimum Gasteiger partial charge on any atom is -0.497 e. The molecule has 29 heavy (non-hydrogen) atoms. The van der Waals surface area contributed by atoms with Crippen molar-refractivity contribution < 1.29 is 22.7 Å². The van der Waals surface area contributed by atoms with Crippen LogP contribution in [0.15, 0.2) is 48.5 Å². The van der Waals surface area contributed by atoms with Crippen molar-refractivity contribution in [1.82, 2.24) is 4.90 Å². The van der Waals surface area contributed by atoms with E-state index in [4.69, 9.17) is 16.3 Å². The monoisotopic (exact) mass is 424 g/mol. The molecular weight excluding hydrogens is 405 g/mol. The molecule has 3 rings (SSSR count). The van der Waals surface area contributed by atoms with Gasteiger partial charge in [-0.15, -0.1) is 0 Å². The van der Waals surface area contributed by atoms with Gasteiger partial charge < -0.3 is 14.5 Å². The summed E-state index contributed by atoms with van der Waals surface area (Å²) in [5, 5.41) is 0.159. The molecule has 2 aromatic carbocycles. The number of alkyl halides is 3. The van der Waals surface area contributed by atoms with Gasteiger partial charge in [-0.2, -0.15) is 13.2 Å². The number of hydrogen-bond acceptors (Lipinski definition) is 3. The van der Waals surface area contributed by atoms with Crippen LogP contribution in [0.1, 0.15) is 11.1 Å². The number of amides is 1. The van der Waals surface area contributed by atoms with Gasteiger partial charge >= 0.3 is 6.18 Å². The van der Waals surface area contributed by atoms with Crippen molar-refractivity contribution in [3.8, 4) is 5.75 Å². The van der Waals surface area contributed by atoms with Crippen molar-refractivity contribution in [2.75, 3.05) is 38.2 Å². The third-order valence-electron chi connectivity index (χ3n) is 4.76. The van der Waals surface area contributed by atoms with Crippen LogP contribution in [0.2, 0.25) is 5.02 Å². The lowest BCUT2D eigenvalue weighted by Crippen LogP contribution is -2.48. The third-order valence-corrected chi connectivity index (χ3v) is 5.10. The molecule has 1 saturated heterocycles. The van der Waals surface area contributed by atoms with Crippen molar-refractivity contribution >= 4 is 29.3 Å². The molecule has 0 atom stereocenters. The van der Waals surface area contributed by atoms with Crippen molar-refractivity contribution in [2.24, 2.45) is 0 Å². The summed E-state index contributed by atoms with van der Waals surface area (Å²) >= 11 is 5.96. The fraction of sp³-hybridized carbons (Fsp3) is 0.286. The number of rotatable bonds is 4. The number of carbonyl (C=O) groups excluding carboxylic acids is 1. The highest BCUT2D eigenvalue weighted by atomic mass is 35.5. The second kappa shape index (κ2) is 8.78. The molecule has 1 fully saturated rings. The number of anilines is 1. The fourth-order valence-electron chi connectivity index (χ4n) is 3.09. The molecule has 0 saturated carbocycles. The molecule has 154 valence electrons. The maximum atomic E-state index is 12.9. The highest BCUT2D eigenvalue weighted by Crippen LogP contribution is 2.32. The number of ether oxygens (including phenoxy) is 1. The highest BCUT2D eigenvalue weighted by Gasteiger charge is 2.30. The predicted octanol–water partition coefficient (Wildman–Crippen LogP) is 4.73. The van der Waals surface area contributed by atoms with E-state index in [-0.39, 0.29) is 16.5 Å². The van der Waals surface area contributed by atoms with Gasteiger partial charge in [0.2, 0.25) is 5.91 Å². The van der Waals surface area contributed by atoms with E-state index >= 15 is 0 Å². The Kier molecular flexibility index (Phi) is 6.37. The van der Waals surface area contributed by atoms with Crippen LogP contribution < -0.4 is 9.64 Å². The molecular formula is C21H20ClF3N2O2. The van der Waals surface area contributed by atoms with E-state index in [1.807, 2.05) is 24.3 Å². The Morgan fingerprint density at radius 2 is 1.72 bits per heavy atom. The van der Waals surface area contributed by atoms with Crippen molar-refractivity contribution in [3.63, 3.8) is 0 Å². The maximum Gasteiger partial charge on any atom is 0.416 e. The van der Waals surface area contributed by atoms with Crippen LogP contribution in [0.4, 0.5) is 18.9 Å². The van der Waals surface area contributed by atoms with E-state index in [1.165, 1.54) is 18.2 Å². The summed E-state index contributed by atoms with van der Waals surface area (Å²) in [5.41, 5.74) is 0.401. The Balaban J connectivity index is 1.61. The first-order valence-corrected chi connectivity index (χ1v) is 9.38. The van der Waals surface area contributed by atoms with Crippen LogP contribution >= 0.6 is 11.6 Å². The van der Waals surface area contributed by atoms with E-state index in [0.29, 0.717) is 26.2 Å². The number of hydrogen-bond donors (Lipinski definition) is 0. The standard InChI is InChI=1S/C21H20ClF3N2O2/c1-29-18-6-4-17(5-7-18)26-10-12-27(13-11-26)20(28)9-2-15-14-16(21(23,24)25)3-8-19(15)22/h2-9,14H,10-13H2,1H3/b9-2+. The number of carbonyl (C=O) groups is 1. The average molecular weight is 425 g/mol. The minimum atomic E-state index is -4.46. The van der Waals surface area contributed by atoms with Gasteiger partial charge in [0, 0.05) is 43.0 Å². The van der Waals surface area contributed by atoms with Crippen molar-refractivity contribution in [2.45, 2.75) is 6.18 Å². The number of benzene rings is 2. The van der Waals surface area contributed by atoms with Gasteiger partial charge in [0.15, 0.2) is 0 Å². The summed E-state index contributed by atoms with van der Waals surface area (Å²) in [5.74, 6) is 0.522. The average Bonchev–Trinajstić information content (AvgIpc) is 2.72. The van der Waals surface area contributed by atoms with Gasteiger partial charge in [0.05, 0.1) is 12.7 Å². The zero-order valence-corrected chi connectivity index (χ0v) is 16.5. The molecule has 0 bridgehead atoms. The second-order valence-corrected chi connectivity index (χ2v) is 6.98. The first-order valence-electron chi connectivity index (χ1n) is 9.00. The Morgan fingerprint density at radius 3 is 2.31 bits per heavy atom. The quantitative estimate of drug-likeness (QED) is 0.665. The molecule has 0 unspecified atom stereocenters. The topological polar surface area (TPSA) is 32.8 Å². The minimum absolute atomic E-state index is 0.159. The summed E-state index contributed by atoms with van der Waals surface area (Å²) in [7, 11) is 1.61. The Bertz CT molecular complexity index is 890. The first-order chi connectivity index (χ1) is 13.8. The number of nitrogens with zero attached hydrogens (tertiary/aromatic N) is 2. The summed E-state index contributed by atoms with van der Waals surface area (Å²) in [6.07, 6.45) is -1.87. The zero-order chi connectivity index (χ0) is 21.0. The number of piperazine rings is 1. The van der Waals surface area contributed by atoms with E-state index < -0.39 is 11.7 Å². The van der Waals surface area contributed by atoms with Crippen LogP contribution in [0.5, 0.6) is 5.75 Å². The lowest BCUT2D eigenvalue weighted by Gasteiger charge is -2.35. The molecule has 1 amide bonds. The van der Waals surface area contributed by atoms with Crippen LogP contribution in [-0.4, -0.2) is 44.1 Å². The molecule has 0 aliphatic carbocycles. The van der Waals surface area contributed by atoms with Gasteiger partial charge in [-0.1, -0.05) is 11.6 Å². The van der Waals surface area contributed by atoms with Crippen molar-refractivity contribution in [3.05, 3.63) is 64.7 Å². The Hall–Kier alpha value is -2.67. The molecule has 1 heterocycles.